The summed E-state index contributed by atoms with van der Waals surface area (Å²) in [5.74, 6) is 1.17. The van der Waals surface area contributed by atoms with Crippen LogP contribution in [-0.4, -0.2) is 26.7 Å². The van der Waals surface area contributed by atoms with Gasteiger partial charge in [0, 0.05) is 12.6 Å². The van der Waals surface area contributed by atoms with E-state index in [1.807, 2.05) is 62.4 Å². The van der Waals surface area contributed by atoms with E-state index in [4.69, 9.17) is 9.47 Å². The molecule has 0 bridgehead atoms. The molecule has 0 radical (unpaired) electrons. The van der Waals surface area contributed by atoms with Crippen molar-refractivity contribution in [3.05, 3.63) is 65.8 Å². The maximum Gasteiger partial charge on any atom is 0.244 e. The van der Waals surface area contributed by atoms with Gasteiger partial charge in [-0.2, -0.15) is 0 Å². The first-order valence-corrected chi connectivity index (χ1v) is 8.27. The maximum atomic E-state index is 11.9. The third-order valence-electron chi connectivity index (χ3n) is 3.43. The number of hydrogen-bond acceptors (Lipinski definition) is 3. The molecule has 0 spiro atoms. The summed E-state index contributed by atoms with van der Waals surface area (Å²) < 4.78 is 10.4. The van der Waals surface area contributed by atoms with E-state index in [0.717, 1.165) is 12.0 Å². The van der Waals surface area contributed by atoms with Gasteiger partial charge in [-0.05, 0) is 49.6 Å². The molecule has 0 aromatic heterocycles. The van der Waals surface area contributed by atoms with Crippen LogP contribution in [-0.2, 0) is 4.79 Å². The van der Waals surface area contributed by atoms with Crippen molar-refractivity contribution < 1.29 is 14.3 Å². The van der Waals surface area contributed by atoms with Crippen LogP contribution in [0.5, 0.6) is 11.5 Å². The fourth-order valence-electron chi connectivity index (χ4n) is 2.17. The summed E-state index contributed by atoms with van der Waals surface area (Å²) in [7, 11) is 3.18. The zero-order chi connectivity index (χ0) is 18.5. The molecule has 4 nitrogen and oxygen atoms in total. The molecule has 1 N–H and O–H groups in total. The number of rotatable bonds is 9. The zero-order valence-corrected chi connectivity index (χ0v) is 15.4. The summed E-state index contributed by atoms with van der Waals surface area (Å²) in [6.45, 7) is 4.54. The number of carbonyl (C=O) groups excluding carboxylic acids is 1. The Morgan fingerprint density at radius 3 is 2.48 bits per heavy atom. The molecule has 0 fully saturated rings. The SMILES string of the molecule is C\C=C/C=C(\C=C/C)CCNC(=O)/C=C/c1ccc(OC)c(OC)c1. The van der Waals surface area contributed by atoms with E-state index in [0.29, 0.717) is 18.0 Å². The molecule has 1 aromatic rings. The fourth-order valence-corrected chi connectivity index (χ4v) is 2.17. The summed E-state index contributed by atoms with van der Waals surface area (Å²) in [5.41, 5.74) is 2.04. The van der Waals surface area contributed by atoms with Crippen LogP contribution in [0.2, 0.25) is 0 Å². The highest BCUT2D eigenvalue weighted by atomic mass is 16.5. The zero-order valence-electron chi connectivity index (χ0n) is 15.4. The van der Waals surface area contributed by atoms with Crippen molar-refractivity contribution in [2.75, 3.05) is 20.8 Å². The highest BCUT2D eigenvalue weighted by Gasteiger charge is 2.03. The van der Waals surface area contributed by atoms with Gasteiger partial charge in [0.1, 0.15) is 0 Å². The summed E-state index contributed by atoms with van der Waals surface area (Å²) in [6, 6.07) is 5.51. The Morgan fingerprint density at radius 1 is 1.08 bits per heavy atom. The lowest BCUT2D eigenvalue weighted by atomic mass is 10.1. The van der Waals surface area contributed by atoms with E-state index in [9.17, 15) is 4.79 Å². The molecule has 1 aromatic carbocycles. The Balaban J connectivity index is 2.57. The molecular weight excluding hydrogens is 314 g/mol. The summed E-state index contributed by atoms with van der Waals surface area (Å²) >= 11 is 0. The fraction of sp³-hybridized carbons (Fsp3) is 0.286. The van der Waals surface area contributed by atoms with Crippen molar-refractivity contribution >= 4 is 12.0 Å². The van der Waals surface area contributed by atoms with E-state index in [2.05, 4.69) is 5.32 Å². The van der Waals surface area contributed by atoms with Gasteiger partial charge in [0.05, 0.1) is 14.2 Å². The Labute approximate surface area is 150 Å². The van der Waals surface area contributed by atoms with Crippen molar-refractivity contribution in [1.82, 2.24) is 5.32 Å². The number of nitrogens with one attached hydrogen (secondary N) is 1. The molecule has 0 atom stereocenters. The molecular formula is C21H27NO3. The average Bonchev–Trinajstić information content (AvgIpc) is 2.64. The number of amides is 1. The van der Waals surface area contributed by atoms with Crippen molar-refractivity contribution in [2.24, 2.45) is 0 Å². The van der Waals surface area contributed by atoms with Crippen LogP contribution >= 0.6 is 0 Å². The van der Waals surface area contributed by atoms with Crippen LogP contribution in [0.3, 0.4) is 0 Å². The van der Waals surface area contributed by atoms with Gasteiger partial charge in [-0.3, -0.25) is 4.79 Å². The summed E-state index contributed by atoms with van der Waals surface area (Å²) in [4.78, 5) is 11.9. The lowest BCUT2D eigenvalue weighted by Crippen LogP contribution is -2.22. The highest BCUT2D eigenvalue weighted by Crippen LogP contribution is 2.27. The number of benzene rings is 1. The first-order chi connectivity index (χ1) is 12.1. The van der Waals surface area contributed by atoms with E-state index >= 15 is 0 Å². The molecule has 1 amide bonds. The molecule has 1 rings (SSSR count). The number of methoxy groups -OCH3 is 2. The van der Waals surface area contributed by atoms with Gasteiger partial charge in [0.15, 0.2) is 11.5 Å². The number of allylic oxidation sites excluding steroid dienone is 5. The molecule has 4 heteroatoms. The van der Waals surface area contributed by atoms with E-state index in [-0.39, 0.29) is 5.91 Å². The molecule has 0 aliphatic heterocycles. The second-order valence-corrected chi connectivity index (χ2v) is 5.26. The van der Waals surface area contributed by atoms with E-state index in [1.165, 1.54) is 11.6 Å². The first-order valence-electron chi connectivity index (χ1n) is 8.27. The smallest absolute Gasteiger partial charge is 0.244 e. The summed E-state index contributed by atoms with van der Waals surface area (Å²) in [5, 5.41) is 2.89. The van der Waals surface area contributed by atoms with Crippen molar-refractivity contribution in [3.8, 4) is 11.5 Å². The Bertz CT molecular complexity index is 670. The van der Waals surface area contributed by atoms with Gasteiger partial charge in [0.25, 0.3) is 0 Å². The van der Waals surface area contributed by atoms with Crippen LogP contribution in [0, 0.1) is 0 Å². The number of ether oxygens (including phenoxy) is 2. The van der Waals surface area contributed by atoms with Crippen molar-refractivity contribution in [3.63, 3.8) is 0 Å². The average molecular weight is 341 g/mol. The van der Waals surface area contributed by atoms with Gasteiger partial charge in [-0.15, -0.1) is 0 Å². The van der Waals surface area contributed by atoms with E-state index in [1.54, 1.807) is 20.3 Å². The van der Waals surface area contributed by atoms with Crippen LogP contribution in [0.25, 0.3) is 6.08 Å². The normalized spacial score (nSPS) is 12.2. The molecule has 0 unspecified atom stereocenters. The van der Waals surface area contributed by atoms with Crippen LogP contribution in [0.1, 0.15) is 25.8 Å². The van der Waals surface area contributed by atoms with Crippen molar-refractivity contribution in [2.45, 2.75) is 20.3 Å². The van der Waals surface area contributed by atoms with Gasteiger partial charge < -0.3 is 14.8 Å². The minimum absolute atomic E-state index is 0.124. The van der Waals surface area contributed by atoms with Gasteiger partial charge in [-0.1, -0.05) is 36.4 Å². The molecule has 0 saturated carbocycles. The molecule has 0 aliphatic rings. The Hall–Kier alpha value is -2.75. The standard InChI is InChI=1S/C21H27NO3/c1-5-7-9-17(8-6-2)14-15-22-21(23)13-11-18-10-12-19(24-3)20(16-18)25-4/h5-13,16H,14-15H2,1-4H3,(H,22,23)/b7-5-,8-6-,13-11+,17-9+. The monoisotopic (exact) mass is 341 g/mol. The third-order valence-corrected chi connectivity index (χ3v) is 3.43. The number of hydrogen-bond donors (Lipinski definition) is 1. The van der Waals surface area contributed by atoms with Gasteiger partial charge in [0.2, 0.25) is 5.91 Å². The Kier molecular flexibility index (Phi) is 9.53. The predicted octanol–water partition coefficient (Wildman–Crippen LogP) is 4.30. The van der Waals surface area contributed by atoms with Crippen molar-refractivity contribution in [1.29, 1.82) is 0 Å². The van der Waals surface area contributed by atoms with E-state index < -0.39 is 0 Å². The molecule has 0 aliphatic carbocycles. The third kappa shape index (κ3) is 7.57. The number of carbonyl (C=O) groups is 1. The first kappa shape index (κ1) is 20.3. The van der Waals surface area contributed by atoms with Crippen LogP contribution in [0.15, 0.2) is 60.2 Å². The van der Waals surface area contributed by atoms with Crippen LogP contribution < -0.4 is 14.8 Å². The predicted molar refractivity (Wildman–Crippen MR) is 104 cm³/mol. The Morgan fingerprint density at radius 2 is 1.84 bits per heavy atom. The maximum absolute atomic E-state index is 11.9. The molecule has 134 valence electrons. The minimum Gasteiger partial charge on any atom is -0.493 e. The largest absolute Gasteiger partial charge is 0.493 e. The topological polar surface area (TPSA) is 47.6 Å². The van der Waals surface area contributed by atoms with Crippen LogP contribution in [0.4, 0.5) is 0 Å². The quantitative estimate of drug-likeness (QED) is 0.538. The lowest BCUT2D eigenvalue weighted by molar-refractivity contribution is -0.116. The molecule has 0 heterocycles. The summed E-state index contributed by atoms with van der Waals surface area (Å²) in [6.07, 6.45) is 14.1. The molecule has 25 heavy (non-hydrogen) atoms. The second-order valence-electron chi connectivity index (χ2n) is 5.26. The lowest BCUT2D eigenvalue weighted by Gasteiger charge is -2.07. The molecule has 0 saturated heterocycles. The van der Waals surface area contributed by atoms with Gasteiger partial charge >= 0.3 is 0 Å². The highest BCUT2D eigenvalue weighted by molar-refractivity contribution is 5.91. The van der Waals surface area contributed by atoms with Gasteiger partial charge in [-0.25, -0.2) is 0 Å². The minimum atomic E-state index is -0.124. The second kappa shape index (κ2) is 11.7.